The summed E-state index contributed by atoms with van der Waals surface area (Å²) in [6.07, 6.45) is 1.33. The summed E-state index contributed by atoms with van der Waals surface area (Å²) in [6.45, 7) is 2.11. The van der Waals surface area contributed by atoms with Crippen LogP contribution < -0.4 is 5.01 Å². The largest absolute Gasteiger partial charge is 0.299 e. The predicted molar refractivity (Wildman–Crippen MR) is 73.4 cm³/mol. The van der Waals surface area contributed by atoms with Gasteiger partial charge < -0.3 is 0 Å². The molecule has 0 spiro atoms. The van der Waals surface area contributed by atoms with Crippen molar-refractivity contribution in [3.8, 4) is 0 Å². The summed E-state index contributed by atoms with van der Waals surface area (Å²) >= 11 is 3.50. The molecule has 1 atom stereocenters. The summed E-state index contributed by atoms with van der Waals surface area (Å²) in [5.41, 5.74) is 3.33. The van der Waals surface area contributed by atoms with E-state index in [0.29, 0.717) is 0 Å². The molecule has 0 saturated heterocycles. The number of carbonyl (C=O) groups excluding carboxylic acids is 1. The Hall–Kier alpha value is -1.43. The summed E-state index contributed by atoms with van der Waals surface area (Å²) in [5, 5.41) is 11.9. The first kappa shape index (κ1) is 13.0. The van der Waals surface area contributed by atoms with Crippen LogP contribution in [0.1, 0.15) is 18.1 Å². The number of carbonyl (C=O) groups is 1. The topological polar surface area (TPSA) is 48.3 Å². The maximum atomic E-state index is 11.1. The number of benzene rings is 1. The lowest BCUT2D eigenvalue weighted by Crippen LogP contribution is -2.38. The molecule has 1 aliphatic rings. The summed E-state index contributed by atoms with van der Waals surface area (Å²) in [5.74, 6) is 0. The lowest BCUT2D eigenvalue weighted by molar-refractivity contribution is -0.111. The fraction of sp³-hybridized carbons (Fsp3) is 0.417. The molecule has 1 aromatic carbocycles. The van der Waals surface area contributed by atoms with Gasteiger partial charge in [-0.2, -0.15) is 0 Å². The van der Waals surface area contributed by atoms with Gasteiger partial charge in [0.2, 0.25) is 0 Å². The highest BCUT2D eigenvalue weighted by Gasteiger charge is 2.29. The van der Waals surface area contributed by atoms with Gasteiger partial charge in [-0.3, -0.25) is 4.79 Å². The van der Waals surface area contributed by atoms with E-state index in [9.17, 15) is 4.79 Å². The lowest BCUT2D eigenvalue weighted by Gasteiger charge is -2.23. The van der Waals surface area contributed by atoms with Crippen molar-refractivity contribution in [3.05, 3.63) is 29.3 Å². The molecule has 0 radical (unpaired) electrons. The number of likely N-dealkylation sites (N-methyl/N-ethyl adjacent to an activating group) is 1. The van der Waals surface area contributed by atoms with Crippen molar-refractivity contribution in [2.45, 2.75) is 24.8 Å². The quantitative estimate of drug-likeness (QED) is 0.634. The molecule has 0 saturated carbocycles. The molecule has 1 aromatic rings. The molecule has 1 heterocycles. The molecule has 96 valence electrons. The smallest absolute Gasteiger partial charge is 0.197 e. The molecule has 0 N–H and O–H groups in total. The van der Waals surface area contributed by atoms with Crippen LogP contribution in [0.15, 0.2) is 28.6 Å². The van der Waals surface area contributed by atoms with Crippen molar-refractivity contribution in [1.82, 2.24) is 5.01 Å². The van der Waals surface area contributed by atoms with E-state index >= 15 is 0 Å². The van der Waals surface area contributed by atoms with E-state index in [-0.39, 0.29) is 0 Å². The molecule has 0 bridgehead atoms. The second kappa shape index (κ2) is 5.48. The van der Waals surface area contributed by atoms with Gasteiger partial charge in [0.1, 0.15) is 0 Å². The van der Waals surface area contributed by atoms with Crippen LogP contribution in [0.5, 0.6) is 0 Å². The van der Waals surface area contributed by atoms with Crippen LogP contribution in [0.25, 0.3) is 0 Å². The fourth-order valence-corrected chi connectivity index (χ4v) is 2.68. The van der Waals surface area contributed by atoms with Crippen LogP contribution in [0.4, 0.5) is 5.69 Å². The minimum atomic E-state index is -0.463. The Kier molecular flexibility index (Phi) is 3.96. The molecule has 2 rings (SSSR count). The Morgan fingerprint density at radius 2 is 2.22 bits per heavy atom. The minimum absolute atomic E-state index is 0.463. The number of alkyl halides is 1. The monoisotopic (exact) mass is 310 g/mol. The number of nitrogens with zero attached hydrogens (tertiary/aromatic N) is 4. The minimum Gasteiger partial charge on any atom is -0.299 e. The van der Waals surface area contributed by atoms with Crippen LogP contribution >= 0.6 is 15.9 Å². The van der Waals surface area contributed by atoms with Crippen molar-refractivity contribution in [2.24, 2.45) is 10.4 Å². The molecular weight excluding hydrogens is 296 g/mol. The molecule has 18 heavy (non-hydrogen) atoms. The maximum absolute atomic E-state index is 11.1. The van der Waals surface area contributed by atoms with E-state index < -0.39 is 6.17 Å². The standard InChI is InChI=1S/C12H15BrN4O/c1-3-9-5-4-6-11(10(9)7-13)17-12(8-18)16(2)14-15-17/h4-6,8,12H,3,7H2,1-2H3. The Labute approximate surface area is 115 Å². The number of anilines is 1. The zero-order valence-electron chi connectivity index (χ0n) is 10.4. The first-order valence-corrected chi connectivity index (χ1v) is 6.90. The third kappa shape index (κ3) is 2.12. The van der Waals surface area contributed by atoms with Gasteiger partial charge in [-0.15, -0.1) is 0 Å². The molecule has 1 unspecified atom stereocenters. The Morgan fingerprint density at radius 3 is 2.83 bits per heavy atom. The highest BCUT2D eigenvalue weighted by molar-refractivity contribution is 9.08. The van der Waals surface area contributed by atoms with E-state index in [4.69, 9.17) is 0 Å². The van der Waals surface area contributed by atoms with Crippen LogP contribution in [0.3, 0.4) is 0 Å². The number of halogens is 1. The highest BCUT2D eigenvalue weighted by atomic mass is 79.9. The normalized spacial score (nSPS) is 18.5. The number of hydrogen-bond acceptors (Lipinski definition) is 5. The van der Waals surface area contributed by atoms with E-state index in [1.54, 1.807) is 17.1 Å². The Morgan fingerprint density at radius 1 is 1.44 bits per heavy atom. The SMILES string of the molecule is CCc1cccc(N2N=NN(C)C2C=O)c1CBr. The van der Waals surface area contributed by atoms with Gasteiger partial charge in [-0.25, -0.2) is 10.0 Å². The summed E-state index contributed by atoms with van der Waals surface area (Å²) in [7, 11) is 1.74. The predicted octanol–water partition coefficient (Wildman–Crippen LogP) is 2.70. The average Bonchev–Trinajstić information content (AvgIpc) is 2.78. The molecule has 0 fully saturated rings. The average molecular weight is 311 g/mol. The summed E-state index contributed by atoms with van der Waals surface area (Å²) in [4.78, 5) is 11.1. The Bertz CT molecular complexity index is 477. The molecule has 6 heteroatoms. The van der Waals surface area contributed by atoms with Crippen LogP contribution in [-0.4, -0.2) is 24.5 Å². The maximum Gasteiger partial charge on any atom is 0.197 e. The van der Waals surface area contributed by atoms with Crippen molar-refractivity contribution >= 4 is 27.9 Å². The van der Waals surface area contributed by atoms with Gasteiger partial charge in [-0.1, -0.05) is 40.2 Å². The number of aryl methyl sites for hydroxylation is 1. The van der Waals surface area contributed by atoms with Gasteiger partial charge in [-0.05, 0) is 28.8 Å². The third-order valence-corrected chi connectivity index (χ3v) is 3.60. The van der Waals surface area contributed by atoms with Gasteiger partial charge in [0.05, 0.1) is 5.69 Å². The third-order valence-electron chi connectivity index (χ3n) is 3.04. The molecule has 0 aliphatic carbocycles. The molecule has 1 aliphatic heterocycles. The van der Waals surface area contributed by atoms with Crippen LogP contribution in [0.2, 0.25) is 0 Å². The Balaban J connectivity index is 2.45. The van der Waals surface area contributed by atoms with Crippen molar-refractivity contribution < 1.29 is 4.79 Å². The number of aldehydes is 1. The van der Waals surface area contributed by atoms with E-state index in [1.165, 1.54) is 5.56 Å². The number of hydrogen-bond donors (Lipinski definition) is 0. The van der Waals surface area contributed by atoms with E-state index in [1.807, 2.05) is 12.1 Å². The summed E-state index contributed by atoms with van der Waals surface area (Å²) in [6, 6.07) is 6.04. The summed E-state index contributed by atoms with van der Waals surface area (Å²) < 4.78 is 0. The molecule has 5 nitrogen and oxygen atoms in total. The lowest BCUT2D eigenvalue weighted by atomic mass is 10.0. The second-order valence-electron chi connectivity index (χ2n) is 4.05. The van der Waals surface area contributed by atoms with Gasteiger partial charge in [0.15, 0.2) is 12.5 Å². The molecule has 0 aromatic heterocycles. The highest BCUT2D eigenvalue weighted by Crippen LogP contribution is 2.31. The first-order valence-electron chi connectivity index (χ1n) is 5.78. The van der Waals surface area contributed by atoms with Crippen molar-refractivity contribution in [1.29, 1.82) is 0 Å². The van der Waals surface area contributed by atoms with Gasteiger partial charge in [0, 0.05) is 12.4 Å². The second-order valence-corrected chi connectivity index (χ2v) is 4.61. The number of rotatable bonds is 4. The molecular formula is C12H15BrN4O. The van der Waals surface area contributed by atoms with E-state index in [0.717, 1.165) is 29.3 Å². The van der Waals surface area contributed by atoms with Crippen molar-refractivity contribution in [2.75, 3.05) is 12.1 Å². The zero-order valence-corrected chi connectivity index (χ0v) is 12.0. The zero-order chi connectivity index (χ0) is 13.1. The molecule has 0 amide bonds. The fourth-order valence-electron chi connectivity index (χ4n) is 2.03. The van der Waals surface area contributed by atoms with E-state index in [2.05, 4.69) is 39.4 Å². The van der Waals surface area contributed by atoms with Crippen LogP contribution in [-0.2, 0) is 16.5 Å². The van der Waals surface area contributed by atoms with Crippen LogP contribution in [0, 0.1) is 0 Å². The first-order chi connectivity index (χ1) is 8.72. The van der Waals surface area contributed by atoms with Gasteiger partial charge in [0.25, 0.3) is 0 Å². The van der Waals surface area contributed by atoms with Crippen molar-refractivity contribution in [3.63, 3.8) is 0 Å². The van der Waals surface area contributed by atoms with Gasteiger partial charge >= 0.3 is 0 Å².